The van der Waals surface area contributed by atoms with Crippen molar-refractivity contribution in [1.29, 1.82) is 0 Å². The van der Waals surface area contributed by atoms with Gasteiger partial charge in [-0.1, -0.05) is 46.8 Å². The van der Waals surface area contributed by atoms with Gasteiger partial charge in [0.05, 0.1) is 0 Å². The molecule has 1 fully saturated rings. The molecular formula is C21H32N2O3. The van der Waals surface area contributed by atoms with Crippen LogP contribution in [-0.4, -0.2) is 36.1 Å². The molecule has 1 N–H and O–H groups in total. The maximum absolute atomic E-state index is 12.3. The molecule has 0 unspecified atom stereocenters. The minimum absolute atomic E-state index is 0.00453. The van der Waals surface area contributed by atoms with E-state index in [0.29, 0.717) is 38.3 Å². The third kappa shape index (κ3) is 6.36. The summed E-state index contributed by atoms with van der Waals surface area (Å²) >= 11 is 0. The molecule has 1 aliphatic rings. The molecule has 0 radical (unpaired) electrons. The normalized spacial score (nSPS) is 15.8. The van der Waals surface area contributed by atoms with Gasteiger partial charge in [0.15, 0.2) is 0 Å². The Hall–Kier alpha value is -2.04. The molecule has 1 aromatic rings. The second kappa shape index (κ2) is 8.56. The van der Waals surface area contributed by atoms with Crippen molar-refractivity contribution in [2.45, 2.75) is 65.9 Å². The predicted molar refractivity (Wildman–Crippen MR) is 104 cm³/mol. The van der Waals surface area contributed by atoms with E-state index >= 15 is 0 Å². The van der Waals surface area contributed by atoms with Gasteiger partial charge in [0, 0.05) is 38.0 Å². The molecule has 5 heteroatoms. The van der Waals surface area contributed by atoms with Gasteiger partial charge in [0.25, 0.3) is 0 Å². The number of nitrogens with zero attached hydrogens (tertiary/aromatic N) is 1. The van der Waals surface area contributed by atoms with E-state index in [1.54, 1.807) is 0 Å². The summed E-state index contributed by atoms with van der Waals surface area (Å²) in [4.78, 5) is 26.2. The van der Waals surface area contributed by atoms with E-state index < -0.39 is 6.09 Å². The van der Waals surface area contributed by atoms with E-state index in [2.05, 4.69) is 39.9 Å². The van der Waals surface area contributed by atoms with Crippen molar-refractivity contribution in [3.05, 3.63) is 29.8 Å². The van der Waals surface area contributed by atoms with Crippen LogP contribution in [0.1, 0.15) is 65.4 Å². The molecule has 26 heavy (non-hydrogen) atoms. The highest BCUT2D eigenvalue weighted by atomic mass is 16.6. The number of likely N-dealkylation sites (tertiary alicyclic amines) is 1. The zero-order valence-electron chi connectivity index (χ0n) is 16.7. The fourth-order valence-corrected chi connectivity index (χ4v) is 3.04. The van der Waals surface area contributed by atoms with E-state index in [0.717, 1.165) is 5.69 Å². The van der Waals surface area contributed by atoms with Crippen molar-refractivity contribution in [2.24, 2.45) is 5.41 Å². The molecule has 1 saturated heterocycles. The van der Waals surface area contributed by atoms with Crippen molar-refractivity contribution in [3.63, 3.8) is 0 Å². The van der Waals surface area contributed by atoms with Gasteiger partial charge < -0.3 is 9.64 Å². The molecule has 0 spiro atoms. The summed E-state index contributed by atoms with van der Waals surface area (Å²) in [5.41, 5.74) is 1.96. The van der Waals surface area contributed by atoms with Crippen molar-refractivity contribution in [2.75, 3.05) is 18.4 Å². The monoisotopic (exact) mass is 360 g/mol. The second-order valence-electron chi connectivity index (χ2n) is 8.62. The Balaban J connectivity index is 1.76. The van der Waals surface area contributed by atoms with Gasteiger partial charge >= 0.3 is 6.09 Å². The fraction of sp³-hybridized carbons (Fsp3) is 0.619. The maximum atomic E-state index is 12.3. The van der Waals surface area contributed by atoms with Crippen molar-refractivity contribution >= 4 is 17.7 Å². The maximum Gasteiger partial charge on any atom is 0.411 e. The lowest BCUT2D eigenvalue weighted by atomic mass is 9.91. The van der Waals surface area contributed by atoms with Crippen LogP contribution in [0.25, 0.3) is 0 Å². The second-order valence-corrected chi connectivity index (χ2v) is 8.62. The Morgan fingerprint density at radius 3 is 2.23 bits per heavy atom. The average Bonchev–Trinajstić information content (AvgIpc) is 2.54. The lowest BCUT2D eigenvalue weighted by molar-refractivity contribution is -0.135. The van der Waals surface area contributed by atoms with Crippen LogP contribution in [0.2, 0.25) is 0 Å². The number of ether oxygens (including phenoxy) is 1. The molecule has 2 rings (SSSR count). The van der Waals surface area contributed by atoms with Crippen molar-refractivity contribution < 1.29 is 14.3 Å². The molecule has 144 valence electrons. The third-order valence-corrected chi connectivity index (χ3v) is 4.57. The summed E-state index contributed by atoms with van der Waals surface area (Å²) in [6, 6.07) is 7.81. The Morgan fingerprint density at radius 1 is 1.15 bits per heavy atom. The first-order chi connectivity index (χ1) is 12.1. The van der Waals surface area contributed by atoms with Crippen LogP contribution < -0.4 is 5.32 Å². The zero-order valence-corrected chi connectivity index (χ0v) is 16.7. The van der Waals surface area contributed by atoms with E-state index in [-0.39, 0.29) is 17.4 Å². The SMILES string of the molecule is CC(C)c1ccc(NC(=O)OC2CCN(C(=O)CC(C)(C)C)CC2)cc1. The van der Waals surface area contributed by atoms with Gasteiger partial charge in [0.1, 0.15) is 6.10 Å². The Morgan fingerprint density at radius 2 is 1.73 bits per heavy atom. The quantitative estimate of drug-likeness (QED) is 0.840. The molecule has 1 aliphatic heterocycles. The lowest BCUT2D eigenvalue weighted by Gasteiger charge is -2.33. The lowest BCUT2D eigenvalue weighted by Crippen LogP contribution is -2.42. The van der Waals surface area contributed by atoms with E-state index in [1.807, 2.05) is 29.2 Å². The first-order valence-electron chi connectivity index (χ1n) is 9.49. The van der Waals surface area contributed by atoms with E-state index in [1.165, 1.54) is 5.56 Å². The third-order valence-electron chi connectivity index (χ3n) is 4.57. The molecule has 1 aromatic carbocycles. The van der Waals surface area contributed by atoms with Crippen LogP contribution in [0.4, 0.5) is 10.5 Å². The van der Waals surface area contributed by atoms with Crippen LogP contribution >= 0.6 is 0 Å². The number of hydrogen-bond donors (Lipinski definition) is 1. The highest BCUT2D eigenvalue weighted by Gasteiger charge is 2.27. The predicted octanol–water partition coefficient (Wildman–Crippen LogP) is 4.79. The highest BCUT2D eigenvalue weighted by molar-refractivity contribution is 5.84. The first kappa shape index (κ1) is 20.3. The summed E-state index contributed by atoms with van der Waals surface area (Å²) in [7, 11) is 0. The average molecular weight is 360 g/mol. The number of piperidine rings is 1. The number of rotatable bonds is 4. The van der Waals surface area contributed by atoms with Crippen molar-refractivity contribution in [1.82, 2.24) is 4.90 Å². The molecule has 0 aliphatic carbocycles. The van der Waals surface area contributed by atoms with Gasteiger partial charge in [-0.15, -0.1) is 0 Å². The number of carbonyl (C=O) groups excluding carboxylic acids is 2. The largest absolute Gasteiger partial charge is 0.446 e. The molecular weight excluding hydrogens is 328 g/mol. The summed E-state index contributed by atoms with van der Waals surface area (Å²) in [6.07, 6.45) is 1.36. The fourth-order valence-electron chi connectivity index (χ4n) is 3.04. The Labute approximate surface area is 157 Å². The van der Waals surface area contributed by atoms with Crippen LogP contribution in [0.3, 0.4) is 0 Å². The molecule has 0 aromatic heterocycles. The van der Waals surface area contributed by atoms with Crippen LogP contribution in [0, 0.1) is 5.41 Å². The smallest absolute Gasteiger partial charge is 0.411 e. The summed E-state index contributed by atoms with van der Waals surface area (Å²) in [5.74, 6) is 0.646. The van der Waals surface area contributed by atoms with Gasteiger partial charge in [-0.25, -0.2) is 4.79 Å². The van der Waals surface area contributed by atoms with Crippen LogP contribution in [0.5, 0.6) is 0 Å². The Bertz CT molecular complexity index is 609. The van der Waals surface area contributed by atoms with Gasteiger partial charge in [-0.3, -0.25) is 10.1 Å². The summed E-state index contributed by atoms with van der Waals surface area (Å²) in [6.45, 7) is 11.8. The van der Waals surface area contributed by atoms with Gasteiger partial charge in [-0.2, -0.15) is 0 Å². The number of amides is 2. The van der Waals surface area contributed by atoms with E-state index in [9.17, 15) is 9.59 Å². The van der Waals surface area contributed by atoms with Crippen LogP contribution in [-0.2, 0) is 9.53 Å². The molecule has 2 amide bonds. The molecule has 1 heterocycles. The molecule has 0 atom stereocenters. The number of anilines is 1. The molecule has 0 bridgehead atoms. The van der Waals surface area contributed by atoms with E-state index in [4.69, 9.17) is 4.74 Å². The summed E-state index contributed by atoms with van der Waals surface area (Å²) in [5, 5.41) is 2.78. The van der Waals surface area contributed by atoms with Crippen LogP contribution in [0.15, 0.2) is 24.3 Å². The number of nitrogens with one attached hydrogen (secondary N) is 1. The topological polar surface area (TPSA) is 58.6 Å². The minimum Gasteiger partial charge on any atom is -0.446 e. The van der Waals surface area contributed by atoms with Crippen molar-refractivity contribution in [3.8, 4) is 0 Å². The summed E-state index contributed by atoms with van der Waals surface area (Å²) < 4.78 is 5.51. The highest BCUT2D eigenvalue weighted by Crippen LogP contribution is 2.23. The number of hydrogen-bond acceptors (Lipinski definition) is 3. The molecule has 5 nitrogen and oxygen atoms in total. The first-order valence-corrected chi connectivity index (χ1v) is 9.49. The van der Waals surface area contributed by atoms with Gasteiger partial charge in [-0.05, 0) is 29.0 Å². The van der Waals surface area contributed by atoms with Gasteiger partial charge in [0.2, 0.25) is 5.91 Å². The standard InChI is InChI=1S/C21H32N2O3/c1-15(2)16-6-8-17(9-7-16)22-20(25)26-18-10-12-23(13-11-18)19(24)14-21(3,4)5/h6-9,15,18H,10-14H2,1-5H3,(H,22,25). The minimum atomic E-state index is -0.429. The Kier molecular flexibility index (Phi) is 6.68. The number of benzene rings is 1. The zero-order chi connectivity index (χ0) is 19.3. The number of carbonyl (C=O) groups is 2. The molecule has 0 saturated carbocycles.